The van der Waals surface area contributed by atoms with E-state index in [2.05, 4.69) is 31.9 Å². The van der Waals surface area contributed by atoms with E-state index < -0.39 is 0 Å². The van der Waals surface area contributed by atoms with Crippen LogP contribution in [-0.4, -0.2) is 46.1 Å². The molecule has 1 aromatic heterocycles. The van der Waals surface area contributed by atoms with Gasteiger partial charge in [-0.25, -0.2) is 0 Å². The van der Waals surface area contributed by atoms with E-state index in [1.54, 1.807) is 25.3 Å². The fraction of sp³-hybridized carbons (Fsp3) is 0.571. The van der Waals surface area contributed by atoms with E-state index in [1.165, 1.54) is 24.6 Å². The van der Waals surface area contributed by atoms with Gasteiger partial charge in [0.2, 0.25) is 11.9 Å². The van der Waals surface area contributed by atoms with Crippen molar-refractivity contribution in [2.45, 2.75) is 56.0 Å². The molecular formula is C21H28ClN5O2S. The van der Waals surface area contributed by atoms with Gasteiger partial charge in [0, 0.05) is 24.2 Å². The molecule has 1 atom stereocenters. The van der Waals surface area contributed by atoms with E-state index in [0.29, 0.717) is 22.5 Å². The van der Waals surface area contributed by atoms with Crippen molar-refractivity contribution < 1.29 is 9.53 Å². The summed E-state index contributed by atoms with van der Waals surface area (Å²) in [5, 5.41) is 12.9. The zero-order chi connectivity index (χ0) is 21.3. The van der Waals surface area contributed by atoms with Crippen LogP contribution in [-0.2, 0) is 4.79 Å². The average Bonchev–Trinajstić information content (AvgIpc) is 3.49. The van der Waals surface area contributed by atoms with Crippen molar-refractivity contribution in [3.63, 3.8) is 0 Å². The van der Waals surface area contributed by atoms with E-state index in [9.17, 15) is 4.79 Å². The molecule has 2 aliphatic rings. The first kappa shape index (κ1) is 21.3. The lowest BCUT2D eigenvalue weighted by Crippen LogP contribution is -2.34. The molecule has 1 aliphatic carbocycles. The second-order valence-electron chi connectivity index (χ2n) is 8.15. The highest BCUT2D eigenvalue weighted by Crippen LogP contribution is 2.42. The molecule has 0 bridgehead atoms. The second-order valence-corrected chi connectivity index (χ2v) is 9.89. The van der Waals surface area contributed by atoms with Gasteiger partial charge in [-0.3, -0.25) is 9.36 Å². The van der Waals surface area contributed by atoms with Crippen LogP contribution >= 0.6 is 23.4 Å². The van der Waals surface area contributed by atoms with Gasteiger partial charge in [0.1, 0.15) is 5.75 Å². The molecule has 9 heteroatoms. The summed E-state index contributed by atoms with van der Waals surface area (Å²) in [6.07, 6.45) is 4.65. The summed E-state index contributed by atoms with van der Waals surface area (Å²) >= 11 is 7.52. The first-order valence-electron chi connectivity index (χ1n) is 10.5. The summed E-state index contributed by atoms with van der Waals surface area (Å²) in [5.74, 6) is 2.17. The lowest BCUT2D eigenvalue weighted by atomic mass is 10.00. The van der Waals surface area contributed by atoms with E-state index in [-0.39, 0.29) is 11.2 Å². The van der Waals surface area contributed by atoms with Gasteiger partial charge in [-0.15, -0.1) is 10.2 Å². The summed E-state index contributed by atoms with van der Waals surface area (Å²) in [6, 6.07) is 5.61. The minimum atomic E-state index is -0.343. The maximum atomic E-state index is 12.8. The van der Waals surface area contributed by atoms with E-state index in [4.69, 9.17) is 16.3 Å². The van der Waals surface area contributed by atoms with Gasteiger partial charge in [0.15, 0.2) is 5.16 Å². The van der Waals surface area contributed by atoms with Crippen LogP contribution < -0.4 is 15.0 Å². The largest absolute Gasteiger partial charge is 0.495 e. The highest BCUT2D eigenvalue weighted by Gasteiger charge is 2.33. The first-order valence-corrected chi connectivity index (χ1v) is 11.7. The number of methoxy groups -OCH3 is 1. The standard InChI is InChI=1S/C21H28ClN5O2S/c1-13-8-10-26(11-9-13)20-24-25-21(27(20)16-5-6-16)30-14(2)19(28)23-17-12-15(22)4-7-18(17)29-3/h4,7,12-14,16H,5-6,8-11H2,1-3H3,(H,23,28). The number of anilines is 2. The number of carbonyl (C=O) groups is 1. The van der Waals surface area contributed by atoms with Crippen molar-refractivity contribution >= 4 is 40.9 Å². The zero-order valence-electron chi connectivity index (χ0n) is 17.6. The van der Waals surface area contributed by atoms with E-state index in [0.717, 1.165) is 43.0 Å². The predicted molar refractivity (Wildman–Crippen MR) is 121 cm³/mol. The van der Waals surface area contributed by atoms with Crippen LogP contribution in [0.1, 0.15) is 45.6 Å². The SMILES string of the molecule is COc1ccc(Cl)cc1NC(=O)C(C)Sc1nnc(N2CCC(C)CC2)n1C1CC1. The minimum absolute atomic E-state index is 0.126. The van der Waals surface area contributed by atoms with Gasteiger partial charge >= 0.3 is 0 Å². The summed E-state index contributed by atoms with van der Waals surface area (Å²) in [7, 11) is 1.57. The Kier molecular flexibility index (Phi) is 6.43. The number of thioether (sulfide) groups is 1. The molecule has 1 amide bonds. The van der Waals surface area contributed by atoms with Gasteiger partial charge in [-0.2, -0.15) is 0 Å². The van der Waals surface area contributed by atoms with Gasteiger partial charge in [-0.1, -0.05) is 30.3 Å². The topological polar surface area (TPSA) is 72.3 Å². The molecule has 30 heavy (non-hydrogen) atoms. The molecule has 1 saturated carbocycles. The molecule has 4 rings (SSSR count). The molecule has 1 saturated heterocycles. The Balaban J connectivity index is 1.47. The molecule has 1 aliphatic heterocycles. The quantitative estimate of drug-likeness (QED) is 0.621. The van der Waals surface area contributed by atoms with Gasteiger partial charge in [0.25, 0.3) is 0 Å². The molecule has 0 radical (unpaired) electrons. The smallest absolute Gasteiger partial charge is 0.237 e. The van der Waals surface area contributed by atoms with Gasteiger partial charge in [-0.05, 0) is 56.7 Å². The van der Waals surface area contributed by atoms with Crippen molar-refractivity contribution in [3.8, 4) is 5.75 Å². The molecule has 2 aromatic rings. The number of nitrogens with one attached hydrogen (secondary N) is 1. The monoisotopic (exact) mass is 449 g/mol. The number of carbonyl (C=O) groups excluding carboxylic acids is 1. The summed E-state index contributed by atoms with van der Waals surface area (Å²) in [6.45, 7) is 6.22. The number of ether oxygens (including phenoxy) is 1. The molecule has 2 fully saturated rings. The number of piperidine rings is 1. The maximum Gasteiger partial charge on any atom is 0.237 e. The molecule has 2 heterocycles. The van der Waals surface area contributed by atoms with Crippen LogP contribution in [0.25, 0.3) is 0 Å². The molecule has 0 spiro atoms. The van der Waals surface area contributed by atoms with Crippen molar-refractivity contribution in [2.75, 3.05) is 30.4 Å². The number of hydrogen-bond donors (Lipinski definition) is 1. The van der Waals surface area contributed by atoms with E-state index in [1.807, 2.05) is 6.92 Å². The fourth-order valence-corrected chi connectivity index (χ4v) is 4.74. The summed E-state index contributed by atoms with van der Waals surface area (Å²) in [5.41, 5.74) is 0.564. The number of amides is 1. The third kappa shape index (κ3) is 4.70. The number of halogens is 1. The average molecular weight is 450 g/mol. The lowest BCUT2D eigenvalue weighted by molar-refractivity contribution is -0.115. The first-order chi connectivity index (χ1) is 14.5. The zero-order valence-corrected chi connectivity index (χ0v) is 19.2. The Hall–Kier alpha value is -1.93. The van der Waals surface area contributed by atoms with Crippen LogP contribution in [0.2, 0.25) is 5.02 Å². The number of hydrogen-bond acceptors (Lipinski definition) is 6. The molecule has 162 valence electrons. The van der Waals surface area contributed by atoms with Crippen molar-refractivity contribution in [1.29, 1.82) is 0 Å². The normalized spacial score (nSPS) is 18.3. The van der Waals surface area contributed by atoms with Crippen LogP contribution in [0.15, 0.2) is 23.4 Å². The molecular weight excluding hydrogens is 422 g/mol. The Morgan fingerprint density at radius 1 is 1.27 bits per heavy atom. The highest BCUT2D eigenvalue weighted by atomic mass is 35.5. The van der Waals surface area contributed by atoms with Crippen LogP contribution in [0.4, 0.5) is 11.6 Å². The van der Waals surface area contributed by atoms with Crippen molar-refractivity contribution in [1.82, 2.24) is 14.8 Å². The van der Waals surface area contributed by atoms with Crippen LogP contribution in [0.3, 0.4) is 0 Å². The van der Waals surface area contributed by atoms with Crippen molar-refractivity contribution in [2.24, 2.45) is 5.92 Å². The summed E-state index contributed by atoms with van der Waals surface area (Å²) in [4.78, 5) is 15.2. The van der Waals surface area contributed by atoms with Gasteiger partial charge in [0.05, 0.1) is 18.0 Å². The minimum Gasteiger partial charge on any atom is -0.495 e. The third-order valence-corrected chi connectivity index (χ3v) is 6.99. The second kappa shape index (κ2) is 9.06. The molecule has 7 nitrogen and oxygen atoms in total. The van der Waals surface area contributed by atoms with Crippen LogP contribution in [0, 0.1) is 5.92 Å². The number of nitrogens with zero attached hydrogens (tertiary/aromatic N) is 4. The maximum absolute atomic E-state index is 12.8. The third-order valence-electron chi connectivity index (χ3n) is 5.70. The molecule has 1 N–H and O–H groups in total. The van der Waals surface area contributed by atoms with E-state index >= 15 is 0 Å². The Morgan fingerprint density at radius 2 is 2.00 bits per heavy atom. The van der Waals surface area contributed by atoms with Crippen molar-refractivity contribution in [3.05, 3.63) is 23.2 Å². The lowest BCUT2D eigenvalue weighted by Gasteiger charge is -2.31. The Bertz CT molecular complexity index is 909. The summed E-state index contributed by atoms with van der Waals surface area (Å²) < 4.78 is 7.56. The number of rotatable bonds is 7. The number of benzene rings is 1. The highest BCUT2D eigenvalue weighted by molar-refractivity contribution is 8.00. The molecule has 1 aromatic carbocycles. The van der Waals surface area contributed by atoms with Gasteiger partial charge < -0.3 is 15.0 Å². The Labute approximate surface area is 186 Å². The number of aromatic nitrogens is 3. The predicted octanol–water partition coefficient (Wildman–Crippen LogP) is 4.63. The van der Waals surface area contributed by atoms with Crippen LogP contribution in [0.5, 0.6) is 5.75 Å². The fourth-order valence-electron chi connectivity index (χ4n) is 3.65. The Morgan fingerprint density at radius 3 is 2.67 bits per heavy atom. The molecule has 1 unspecified atom stereocenters.